The number of carbonyl (C=O) groups excluding carboxylic acids is 1. The minimum Gasteiger partial charge on any atom is -0.347 e. The van der Waals surface area contributed by atoms with Gasteiger partial charge in [-0.15, -0.1) is 0 Å². The molecule has 0 radical (unpaired) electrons. The molecule has 1 N–H and O–H groups in total. The molecule has 21 heavy (non-hydrogen) atoms. The second kappa shape index (κ2) is 5.63. The molecule has 2 unspecified atom stereocenters. The fraction of sp³-hybridized carbons (Fsp3) is 0.333. The van der Waals surface area contributed by atoms with Crippen LogP contribution < -0.4 is 5.32 Å². The number of benzene rings is 1. The number of halogens is 2. The van der Waals surface area contributed by atoms with Crippen LogP contribution in [0.25, 0.3) is 0 Å². The van der Waals surface area contributed by atoms with E-state index in [1.807, 2.05) is 10.8 Å². The van der Waals surface area contributed by atoms with Crippen LogP contribution in [0.15, 0.2) is 36.9 Å². The van der Waals surface area contributed by atoms with Crippen LogP contribution in [0.2, 0.25) is 0 Å². The van der Waals surface area contributed by atoms with E-state index in [0.717, 1.165) is 25.3 Å². The van der Waals surface area contributed by atoms with Crippen molar-refractivity contribution in [2.24, 2.45) is 0 Å². The van der Waals surface area contributed by atoms with Gasteiger partial charge in [-0.2, -0.15) is 0 Å². The molecule has 4 nitrogen and oxygen atoms in total. The molecule has 1 heterocycles. The molecule has 1 aromatic carbocycles. The van der Waals surface area contributed by atoms with E-state index in [1.54, 1.807) is 12.5 Å². The average Bonchev–Trinajstić information content (AvgIpc) is 3.12. The summed E-state index contributed by atoms with van der Waals surface area (Å²) in [4.78, 5) is 16.2. The Bertz CT molecular complexity index is 642. The highest BCUT2D eigenvalue weighted by molar-refractivity contribution is 5.94. The summed E-state index contributed by atoms with van der Waals surface area (Å²) >= 11 is 0. The molecule has 3 rings (SSSR count). The van der Waals surface area contributed by atoms with Crippen molar-refractivity contribution in [3.8, 4) is 0 Å². The molecule has 6 heteroatoms. The molecule has 1 aliphatic carbocycles. The topological polar surface area (TPSA) is 46.9 Å². The first kappa shape index (κ1) is 13.7. The first-order chi connectivity index (χ1) is 10.2. The lowest BCUT2D eigenvalue weighted by Crippen LogP contribution is -2.38. The summed E-state index contributed by atoms with van der Waals surface area (Å²) in [6.45, 7) is 0. The number of hydrogen-bond donors (Lipinski definition) is 1. The average molecular weight is 291 g/mol. The van der Waals surface area contributed by atoms with E-state index < -0.39 is 17.5 Å². The Morgan fingerprint density at radius 1 is 1.33 bits per heavy atom. The standard InChI is InChI=1S/C15H15F2N3O/c16-11-4-1-3-10(14(11)17)15(21)19-12-5-2-6-13(12)20-8-7-18-9-20/h1,3-4,7-9,12-13H,2,5-6H2,(H,19,21). The van der Waals surface area contributed by atoms with Gasteiger partial charge in [-0.05, 0) is 31.4 Å². The molecule has 2 aromatic rings. The second-order valence-corrected chi connectivity index (χ2v) is 5.19. The molecule has 0 saturated heterocycles. The third-order valence-electron chi connectivity index (χ3n) is 3.90. The van der Waals surface area contributed by atoms with E-state index >= 15 is 0 Å². The van der Waals surface area contributed by atoms with Crippen molar-refractivity contribution in [1.82, 2.24) is 14.9 Å². The smallest absolute Gasteiger partial charge is 0.254 e. The molecule has 1 saturated carbocycles. The Morgan fingerprint density at radius 3 is 2.95 bits per heavy atom. The highest BCUT2D eigenvalue weighted by Crippen LogP contribution is 2.30. The summed E-state index contributed by atoms with van der Waals surface area (Å²) < 4.78 is 28.8. The van der Waals surface area contributed by atoms with Gasteiger partial charge < -0.3 is 9.88 Å². The maximum atomic E-state index is 13.6. The fourth-order valence-electron chi connectivity index (χ4n) is 2.86. The summed E-state index contributed by atoms with van der Waals surface area (Å²) in [7, 11) is 0. The fourth-order valence-corrected chi connectivity index (χ4v) is 2.86. The van der Waals surface area contributed by atoms with E-state index in [9.17, 15) is 13.6 Å². The monoisotopic (exact) mass is 291 g/mol. The van der Waals surface area contributed by atoms with Crippen molar-refractivity contribution >= 4 is 5.91 Å². The predicted octanol–water partition coefficient (Wildman–Crippen LogP) is 2.68. The number of imidazole rings is 1. The van der Waals surface area contributed by atoms with Gasteiger partial charge in [0.05, 0.1) is 17.9 Å². The zero-order valence-electron chi connectivity index (χ0n) is 11.3. The molecule has 1 amide bonds. The first-order valence-corrected chi connectivity index (χ1v) is 6.89. The minimum atomic E-state index is -1.10. The molecule has 1 fully saturated rings. The van der Waals surface area contributed by atoms with E-state index in [4.69, 9.17) is 0 Å². The van der Waals surface area contributed by atoms with Crippen LogP contribution in [-0.4, -0.2) is 21.5 Å². The largest absolute Gasteiger partial charge is 0.347 e. The van der Waals surface area contributed by atoms with Gasteiger partial charge in [-0.25, -0.2) is 13.8 Å². The van der Waals surface area contributed by atoms with E-state index in [0.29, 0.717) is 0 Å². The number of nitrogens with zero attached hydrogens (tertiary/aromatic N) is 2. The molecule has 110 valence electrons. The van der Waals surface area contributed by atoms with Gasteiger partial charge in [0.1, 0.15) is 0 Å². The first-order valence-electron chi connectivity index (χ1n) is 6.89. The molecule has 1 aliphatic rings. The lowest BCUT2D eigenvalue weighted by Gasteiger charge is -2.22. The van der Waals surface area contributed by atoms with Crippen LogP contribution in [0, 0.1) is 11.6 Å². The van der Waals surface area contributed by atoms with Crippen molar-refractivity contribution in [2.75, 3.05) is 0 Å². The van der Waals surface area contributed by atoms with Crippen molar-refractivity contribution < 1.29 is 13.6 Å². The number of hydrogen-bond acceptors (Lipinski definition) is 2. The quantitative estimate of drug-likeness (QED) is 0.945. The van der Waals surface area contributed by atoms with Crippen LogP contribution in [0.1, 0.15) is 35.7 Å². The Labute approximate surface area is 120 Å². The molecular weight excluding hydrogens is 276 g/mol. The Hall–Kier alpha value is -2.24. The van der Waals surface area contributed by atoms with Gasteiger partial charge in [-0.3, -0.25) is 4.79 Å². The zero-order chi connectivity index (χ0) is 14.8. The third-order valence-corrected chi connectivity index (χ3v) is 3.90. The number of rotatable bonds is 3. The van der Waals surface area contributed by atoms with Crippen LogP contribution in [0.5, 0.6) is 0 Å². The van der Waals surface area contributed by atoms with Gasteiger partial charge in [0.2, 0.25) is 0 Å². The Morgan fingerprint density at radius 2 is 2.19 bits per heavy atom. The van der Waals surface area contributed by atoms with Gasteiger partial charge in [0.25, 0.3) is 5.91 Å². The van der Waals surface area contributed by atoms with Gasteiger partial charge in [0, 0.05) is 18.4 Å². The zero-order valence-corrected chi connectivity index (χ0v) is 11.3. The molecule has 0 aliphatic heterocycles. The van der Waals surface area contributed by atoms with E-state index in [-0.39, 0.29) is 17.6 Å². The maximum absolute atomic E-state index is 13.6. The summed E-state index contributed by atoms with van der Waals surface area (Å²) in [5, 5.41) is 2.81. The highest BCUT2D eigenvalue weighted by Gasteiger charge is 2.30. The van der Waals surface area contributed by atoms with Gasteiger partial charge in [-0.1, -0.05) is 6.07 Å². The minimum absolute atomic E-state index is 0.102. The molecule has 0 bridgehead atoms. The van der Waals surface area contributed by atoms with Crippen LogP contribution >= 0.6 is 0 Å². The van der Waals surface area contributed by atoms with Crippen LogP contribution in [0.3, 0.4) is 0 Å². The summed E-state index contributed by atoms with van der Waals surface area (Å²) in [5.41, 5.74) is -0.258. The summed E-state index contributed by atoms with van der Waals surface area (Å²) in [5.74, 6) is -2.70. The number of amides is 1. The lowest BCUT2D eigenvalue weighted by molar-refractivity contribution is 0.0923. The molecular formula is C15H15F2N3O. The summed E-state index contributed by atoms with van der Waals surface area (Å²) in [6, 6.07) is 3.61. The molecule has 1 aromatic heterocycles. The van der Waals surface area contributed by atoms with Crippen molar-refractivity contribution in [1.29, 1.82) is 0 Å². The second-order valence-electron chi connectivity index (χ2n) is 5.19. The number of carbonyl (C=O) groups is 1. The molecule has 0 spiro atoms. The Balaban J connectivity index is 1.76. The van der Waals surface area contributed by atoms with Gasteiger partial charge >= 0.3 is 0 Å². The van der Waals surface area contributed by atoms with Crippen molar-refractivity contribution in [3.05, 3.63) is 54.1 Å². The SMILES string of the molecule is O=C(NC1CCCC1n1ccnc1)c1cccc(F)c1F. The molecule has 2 atom stereocenters. The van der Waals surface area contributed by atoms with Crippen LogP contribution in [-0.2, 0) is 0 Å². The maximum Gasteiger partial charge on any atom is 0.254 e. The number of aromatic nitrogens is 2. The lowest BCUT2D eigenvalue weighted by atomic mass is 10.1. The Kier molecular flexibility index (Phi) is 3.68. The van der Waals surface area contributed by atoms with Gasteiger partial charge in [0.15, 0.2) is 11.6 Å². The van der Waals surface area contributed by atoms with E-state index in [1.165, 1.54) is 12.1 Å². The van der Waals surface area contributed by atoms with Crippen molar-refractivity contribution in [3.63, 3.8) is 0 Å². The third kappa shape index (κ3) is 2.66. The summed E-state index contributed by atoms with van der Waals surface area (Å²) in [6.07, 6.45) is 7.94. The predicted molar refractivity (Wildman–Crippen MR) is 72.7 cm³/mol. The highest BCUT2D eigenvalue weighted by atomic mass is 19.2. The number of nitrogens with one attached hydrogen (secondary N) is 1. The van der Waals surface area contributed by atoms with Crippen molar-refractivity contribution in [2.45, 2.75) is 31.3 Å². The van der Waals surface area contributed by atoms with E-state index in [2.05, 4.69) is 10.3 Å². The normalized spacial score (nSPS) is 21.4. The van der Waals surface area contributed by atoms with Crippen LogP contribution in [0.4, 0.5) is 8.78 Å².